The van der Waals surface area contributed by atoms with E-state index in [1.165, 1.54) is 12.0 Å². The maximum absolute atomic E-state index is 11.2. The van der Waals surface area contributed by atoms with Gasteiger partial charge in [-0.15, -0.1) is 0 Å². The number of methoxy groups -OCH3 is 1. The van der Waals surface area contributed by atoms with Crippen LogP contribution >= 0.6 is 11.8 Å². The van der Waals surface area contributed by atoms with Gasteiger partial charge in [0.25, 0.3) is 0 Å². The molecule has 2 aromatic heterocycles. The SMILES string of the molecule is COC(=O)CCCCCNc1ccccc1Sc1ccc2c(/C=C/c3ccccn3)n[nH]c2c1. The van der Waals surface area contributed by atoms with Crippen molar-refractivity contribution in [3.63, 3.8) is 0 Å². The van der Waals surface area contributed by atoms with Gasteiger partial charge in [-0.3, -0.25) is 14.9 Å². The van der Waals surface area contributed by atoms with Crippen molar-refractivity contribution >= 4 is 46.5 Å². The number of ether oxygens (including phenoxy) is 1. The fraction of sp³-hybridized carbons (Fsp3) is 0.222. The summed E-state index contributed by atoms with van der Waals surface area (Å²) >= 11 is 1.72. The van der Waals surface area contributed by atoms with Crippen LogP contribution in [-0.2, 0) is 9.53 Å². The Morgan fingerprint density at radius 1 is 1.06 bits per heavy atom. The zero-order valence-corrected chi connectivity index (χ0v) is 20.0. The number of esters is 1. The van der Waals surface area contributed by atoms with E-state index < -0.39 is 0 Å². The minimum atomic E-state index is -0.139. The van der Waals surface area contributed by atoms with Crippen molar-refractivity contribution in [1.29, 1.82) is 0 Å². The molecule has 0 aliphatic carbocycles. The van der Waals surface area contributed by atoms with Gasteiger partial charge in [0.15, 0.2) is 0 Å². The van der Waals surface area contributed by atoms with E-state index in [0.717, 1.165) is 58.7 Å². The topological polar surface area (TPSA) is 79.9 Å². The van der Waals surface area contributed by atoms with Gasteiger partial charge < -0.3 is 10.1 Å². The summed E-state index contributed by atoms with van der Waals surface area (Å²) in [6.45, 7) is 0.865. The van der Waals surface area contributed by atoms with Crippen molar-refractivity contribution in [1.82, 2.24) is 15.2 Å². The summed E-state index contributed by atoms with van der Waals surface area (Å²) in [5.74, 6) is -0.139. The van der Waals surface area contributed by atoms with Crippen LogP contribution < -0.4 is 5.32 Å². The molecule has 0 atom stereocenters. The van der Waals surface area contributed by atoms with Gasteiger partial charge in [-0.2, -0.15) is 5.10 Å². The highest BCUT2D eigenvalue weighted by Gasteiger charge is 2.08. The number of nitrogens with one attached hydrogen (secondary N) is 2. The van der Waals surface area contributed by atoms with Crippen molar-refractivity contribution in [2.75, 3.05) is 19.0 Å². The number of rotatable bonds is 11. The van der Waals surface area contributed by atoms with Crippen LogP contribution in [0, 0.1) is 0 Å². The molecular weight excluding hydrogens is 444 g/mol. The Kier molecular flexibility index (Phi) is 8.35. The quantitative estimate of drug-likeness (QED) is 0.194. The smallest absolute Gasteiger partial charge is 0.305 e. The van der Waals surface area contributed by atoms with Crippen LogP contribution in [-0.4, -0.2) is 34.8 Å². The van der Waals surface area contributed by atoms with Crippen molar-refractivity contribution in [3.05, 3.63) is 78.2 Å². The zero-order chi connectivity index (χ0) is 23.6. The lowest BCUT2D eigenvalue weighted by atomic mass is 10.2. The normalized spacial score (nSPS) is 11.2. The zero-order valence-electron chi connectivity index (χ0n) is 19.2. The molecule has 0 radical (unpaired) electrons. The van der Waals surface area contributed by atoms with E-state index in [1.54, 1.807) is 18.0 Å². The van der Waals surface area contributed by atoms with Crippen molar-refractivity contribution in [2.24, 2.45) is 0 Å². The van der Waals surface area contributed by atoms with E-state index in [-0.39, 0.29) is 5.97 Å². The van der Waals surface area contributed by atoms with E-state index in [9.17, 15) is 4.79 Å². The molecule has 2 N–H and O–H groups in total. The van der Waals surface area contributed by atoms with Crippen LogP contribution in [0.5, 0.6) is 0 Å². The number of unbranched alkanes of at least 4 members (excludes halogenated alkanes) is 2. The number of hydrogen-bond donors (Lipinski definition) is 2. The van der Waals surface area contributed by atoms with Gasteiger partial charge in [-0.25, -0.2) is 0 Å². The Morgan fingerprint density at radius 2 is 1.94 bits per heavy atom. The fourth-order valence-corrected chi connectivity index (χ4v) is 4.54. The number of anilines is 1. The average molecular weight is 473 g/mol. The highest BCUT2D eigenvalue weighted by atomic mass is 32.2. The van der Waals surface area contributed by atoms with Gasteiger partial charge in [0.05, 0.1) is 24.0 Å². The number of pyridine rings is 1. The number of aromatic amines is 1. The molecule has 4 rings (SSSR count). The summed E-state index contributed by atoms with van der Waals surface area (Å²) in [6, 6.07) is 20.5. The third-order valence-corrected chi connectivity index (χ3v) is 6.44. The Bertz CT molecular complexity index is 1250. The summed E-state index contributed by atoms with van der Waals surface area (Å²) in [5.41, 5.74) is 3.91. The molecule has 0 aliphatic rings. The summed E-state index contributed by atoms with van der Waals surface area (Å²) in [4.78, 5) is 17.8. The number of carbonyl (C=O) groups excluding carboxylic acids is 1. The van der Waals surface area contributed by atoms with Gasteiger partial charge in [0.2, 0.25) is 0 Å². The van der Waals surface area contributed by atoms with E-state index in [1.807, 2.05) is 36.4 Å². The highest BCUT2D eigenvalue weighted by molar-refractivity contribution is 7.99. The number of nitrogens with zero attached hydrogens (tertiary/aromatic N) is 2. The standard InChI is InChI=1S/C27H28N4O2S/c1-33-27(32)12-3-2-7-18-29-24-10-4-5-11-26(24)34-21-14-15-22-23(30-31-25(22)19-21)16-13-20-9-6-8-17-28-20/h4-6,8-11,13-17,19,29H,2-3,7,12,18H2,1H3,(H,30,31)/b16-13+. The van der Waals surface area contributed by atoms with Crippen molar-refractivity contribution in [3.8, 4) is 0 Å². The third-order valence-electron chi connectivity index (χ3n) is 5.38. The Balaban J connectivity index is 1.37. The summed E-state index contributed by atoms with van der Waals surface area (Å²) < 4.78 is 4.69. The molecule has 2 aromatic carbocycles. The maximum Gasteiger partial charge on any atom is 0.305 e. The predicted octanol–water partition coefficient (Wildman–Crippen LogP) is 6.42. The molecular formula is C27H28N4O2S. The first-order valence-electron chi connectivity index (χ1n) is 11.4. The van der Waals surface area contributed by atoms with Gasteiger partial charge in [0, 0.05) is 40.0 Å². The fourth-order valence-electron chi connectivity index (χ4n) is 3.57. The number of hydrogen-bond acceptors (Lipinski definition) is 6. The monoisotopic (exact) mass is 472 g/mol. The number of H-pyrrole nitrogens is 1. The largest absolute Gasteiger partial charge is 0.469 e. The minimum Gasteiger partial charge on any atom is -0.469 e. The second-order valence-electron chi connectivity index (χ2n) is 7.82. The van der Waals surface area contributed by atoms with Gasteiger partial charge >= 0.3 is 5.97 Å². The molecule has 2 heterocycles. The number of benzene rings is 2. The van der Waals surface area contributed by atoms with Gasteiger partial charge in [0.1, 0.15) is 0 Å². The summed E-state index contributed by atoms with van der Waals surface area (Å²) in [6.07, 6.45) is 9.07. The lowest BCUT2D eigenvalue weighted by molar-refractivity contribution is -0.140. The van der Waals surface area contributed by atoms with Gasteiger partial charge in [-0.05, 0) is 67.5 Å². The van der Waals surface area contributed by atoms with Gasteiger partial charge in [-0.1, -0.05) is 36.4 Å². The van der Waals surface area contributed by atoms with E-state index in [4.69, 9.17) is 0 Å². The first-order valence-corrected chi connectivity index (χ1v) is 12.2. The molecule has 0 unspecified atom stereocenters. The second-order valence-corrected chi connectivity index (χ2v) is 8.93. The highest BCUT2D eigenvalue weighted by Crippen LogP contribution is 2.35. The molecule has 0 amide bonds. The first kappa shape index (κ1) is 23.6. The van der Waals surface area contributed by atoms with Crippen LogP contribution in [0.15, 0.2) is 76.7 Å². The minimum absolute atomic E-state index is 0.139. The molecule has 0 saturated carbocycles. The molecule has 4 aromatic rings. The Hall–Kier alpha value is -3.58. The van der Waals surface area contributed by atoms with Crippen LogP contribution in [0.3, 0.4) is 0 Å². The van der Waals surface area contributed by atoms with Crippen LogP contribution in [0.1, 0.15) is 37.1 Å². The average Bonchev–Trinajstić information content (AvgIpc) is 3.28. The molecule has 174 valence electrons. The number of carbonyl (C=O) groups is 1. The molecule has 7 heteroatoms. The third kappa shape index (κ3) is 6.48. The van der Waals surface area contributed by atoms with Crippen LogP contribution in [0.25, 0.3) is 23.1 Å². The van der Waals surface area contributed by atoms with Crippen LogP contribution in [0.4, 0.5) is 5.69 Å². The Morgan fingerprint density at radius 3 is 2.79 bits per heavy atom. The van der Waals surface area contributed by atoms with Crippen molar-refractivity contribution in [2.45, 2.75) is 35.5 Å². The summed E-state index contributed by atoms with van der Waals surface area (Å²) in [7, 11) is 1.43. The predicted molar refractivity (Wildman–Crippen MR) is 139 cm³/mol. The molecule has 6 nitrogen and oxygen atoms in total. The second kappa shape index (κ2) is 12.0. The number of aromatic nitrogens is 3. The first-order chi connectivity index (χ1) is 16.7. The lowest BCUT2D eigenvalue weighted by Crippen LogP contribution is -2.04. The molecule has 0 fully saturated rings. The lowest BCUT2D eigenvalue weighted by Gasteiger charge is -2.12. The number of para-hydroxylation sites is 1. The number of fused-ring (bicyclic) bond motifs is 1. The van der Waals surface area contributed by atoms with Crippen LogP contribution in [0.2, 0.25) is 0 Å². The summed E-state index contributed by atoms with van der Waals surface area (Å²) in [5, 5.41) is 12.2. The molecule has 0 bridgehead atoms. The van der Waals surface area contributed by atoms with E-state index in [0.29, 0.717) is 6.42 Å². The molecule has 34 heavy (non-hydrogen) atoms. The maximum atomic E-state index is 11.2. The van der Waals surface area contributed by atoms with E-state index >= 15 is 0 Å². The molecule has 0 aliphatic heterocycles. The molecule has 0 spiro atoms. The van der Waals surface area contributed by atoms with E-state index in [2.05, 4.69) is 61.6 Å². The van der Waals surface area contributed by atoms with Crippen molar-refractivity contribution < 1.29 is 9.53 Å². The Labute approximate surface area is 203 Å². The molecule has 0 saturated heterocycles.